The quantitative estimate of drug-likeness (QED) is 0.563. The summed E-state index contributed by atoms with van der Waals surface area (Å²) in [6.45, 7) is 0. The Morgan fingerprint density at radius 2 is 2.08 bits per heavy atom. The van der Waals surface area contributed by atoms with E-state index in [1.807, 2.05) is 0 Å². The molecule has 0 amide bonds. The van der Waals surface area contributed by atoms with Crippen LogP contribution in [0.15, 0.2) is 0 Å². The van der Waals surface area contributed by atoms with E-state index in [4.69, 9.17) is 5.26 Å². The van der Waals surface area contributed by atoms with E-state index >= 15 is 0 Å². The third-order valence-electron chi connectivity index (χ3n) is 2.35. The van der Waals surface area contributed by atoms with E-state index in [1.165, 1.54) is 0 Å². The number of sulfone groups is 1. The fourth-order valence-corrected chi connectivity index (χ4v) is 3.36. The Morgan fingerprint density at radius 1 is 1.50 bits per heavy atom. The van der Waals surface area contributed by atoms with Crippen molar-refractivity contribution in [2.45, 2.75) is 12.0 Å². The fraction of sp³-hybridized carbons (Fsp3) is 0.857. The predicted molar refractivity (Wildman–Crippen MR) is 45.3 cm³/mol. The molecule has 0 aromatic carbocycles. The van der Waals surface area contributed by atoms with E-state index in [0.29, 0.717) is 6.42 Å². The molecule has 0 aromatic heterocycles. The van der Waals surface area contributed by atoms with Crippen molar-refractivity contribution in [1.82, 2.24) is 4.90 Å². The second-order valence-electron chi connectivity index (χ2n) is 3.38. The molecule has 1 heterocycles. The van der Waals surface area contributed by atoms with Crippen LogP contribution in [0.1, 0.15) is 6.42 Å². The van der Waals surface area contributed by atoms with E-state index in [9.17, 15) is 8.42 Å². The molecule has 0 bridgehead atoms. The predicted octanol–water partition coefficient (Wildman–Crippen LogP) is -0.371. The molecule has 4 nitrogen and oxygen atoms in total. The van der Waals surface area contributed by atoms with Gasteiger partial charge < -0.3 is 0 Å². The molecular weight excluding hydrogens is 176 g/mol. The average Bonchev–Trinajstić information content (AvgIpc) is 2.27. The third-order valence-corrected chi connectivity index (χ3v) is 4.09. The van der Waals surface area contributed by atoms with Crippen molar-refractivity contribution in [3.05, 3.63) is 0 Å². The summed E-state index contributed by atoms with van der Waals surface area (Å²) in [7, 11) is 0.505. The Labute approximate surface area is 72.7 Å². The van der Waals surface area contributed by atoms with Gasteiger partial charge in [-0.3, -0.25) is 4.90 Å². The zero-order valence-electron chi connectivity index (χ0n) is 7.24. The topological polar surface area (TPSA) is 61.2 Å². The van der Waals surface area contributed by atoms with Crippen LogP contribution in [0.25, 0.3) is 0 Å². The van der Waals surface area contributed by atoms with Gasteiger partial charge in [0.2, 0.25) is 0 Å². The van der Waals surface area contributed by atoms with Gasteiger partial charge in [0.1, 0.15) is 5.54 Å². The van der Waals surface area contributed by atoms with E-state index in [1.54, 1.807) is 19.0 Å². The lowest BCUT2D eigenvalue weighted by Crippen LogP contribution is -2.43. The summed E-state index contributed by atoms with van der Waals surface area (Å²) >= 11 is 0. The molecule has 0 saturated carbocycles. The normalized spacial score (nSPS) is 33.5. The molecule has 1 unspecified atom stereocenters. The molecule has 1 aliphatic heterocycles. The summed E-state index contributed by atoms with van der Waals surface area (Å²) in [6, 6.07) is 2.08. The van der Waals surface area contributed by atoms with E-state index < -0.39 is 15.4 Å². The SMILES string of the molecule is CN(C)C1(C#N)CCS(=O)(=O)C1. The monoisotopic (exact) mass is 188 g/mol. The van der Waals surface area contributed by atoms with Gasteiger partial charge in [0.05, 0.1) is 17.6 Å². The number of hydrogen-bond acceptors (Lipinski definition) is 4. The lowest BCUT2D eigenvalue weighted by Gasteiger charge is -2.26. The van der Waals surface area contributed by atoms with Gasteiger partial charge in [-0.2, -0.15) is 5.26 Å². The van der Waals surface area contributed by atoms with E-state index in [-0.39, 0.29) is 11.5 Å². The first kappa shape index (κ1) is 9.49. The van der Waals surface area contributed by atoms with Gasteiger partial charge in [-0.05, 0) is 20.5 Å². The summed E-state index contributed by atoms with van der Waals surface area (Å²) in [6.07, 6.45) is 0.429. The Balaban J connectivity index is 2.97. The highest BCUT2D eigenvalue weighted by molar-refractivity contribution is 7.91. The average molecular weight is 188 g/mol. The number of nitrogens with zero attached hydrogens (tertiary/aromatic N) is 2. The van der Waals surface area contributed by atoms with Crippen LogP contribution >= 0.6 is 0 Å². The van der Waals surface area contributed by atoms with Crippen molar-refractivity contribution in [3.8, 4) is 6.07 Å². The second-order valence-corrected chi connectivity index (χ2v) is 5.56. The van der Waals surface area contributed by atoms with Gasteiger partial charge in [-0.15, -0.1) is 0 Å². The molecule has 0 spiro atoms. The van der Waals surface area contributed by atoms with E-state index in [2.05, 4.69) is 6.07 Å². The van der Waals surface area contributed by atoms with Crippen molar-refractivity contribution in [1.29, 1.82) is 5.26 Å². The lowest BCUT2D eigenvalue weighted by molar-refractivity contribution is 0.244. The Kier molecular flexibility index (Phi) is 2.15. The molecule has 0 aliphatic carbocycles. The molecule has 0 radical (unpaired) electrons. The summed E-state index contributed by atoms with van der Waals surface area (Å²) < 4.78 is 22.3. The highest BCUT2D eigenvalue weighted by atomic mass is 32.2. The molecule has 68 valence electrons. The zero-order valence-corrected chi connectivity index (χ0v) is 8.06. The van der Waals surface area contributed by atoms with Crippen molar-refractivity contribution < 1.29 is 8.42 Å². The Bertz CT molecular complexity index is 315. The van der Waals surface area contributed by atoms with Crippen molar-refractivity contribution in [2.75, 3.05) is 25.6 Å². The van der Waals surface area contributed by atoms with Crippen LogP contribution in [-0.2, 0) is 9.84 Å². The van der Waals surface area contributed by atoms with Crippen molar-refractivity contribution in [3.63, 3.8) is 0 Å². The molecule has 1 aliphatic rings. The minimum absolute atomic E-state index is 0.0243. The van der Waals surface area contributed by atoms with Crippen LogP contribution in [-0.4, -0.2) is 44.5 Å². The van der Waals surface area contributed by atoms with Crippen LogP contribution in [0.4, 0.5) is 0 Å². The fourth-order valence-electron chi connectivity index (χ4n) is 1.37. The van der Waals surface area contributed by atoms with Crippen molar-refractivity contribution >= 4 is 9.84 Å². The summed E-state index contributed by atoms with van der Waals surface area (Å²) in [5, 5.41) is 8.86. The van der Waals surface area contributed by atoms with Gasteiger partial charge in [0.25, 0.3) is 0 Å². The van der Waals surface area contributed by atoms with Gasteiger partial charge >= 0.3 is 0 Å². The largest absolute Gasteiger partial charge is 0.291 e. The number of hydrogen-bond donors (Lipinski definition) is 0. The molecule has 1 atom stereocenters. The molecule has 0 aromatic rings. The smallest absolute Gasteiger partial charge is 0.153 e. The minimum Gasteiger partial charge on any atom is -0.291 e. The second kappa shape index (κ2) is 2.71. The maximum Gasteiger partial charge on any atom is 0.153 e. The van der Waals surface area contributed by atoms with Gasteiger partial charge in [0, 0.05) is 0 Å². The Morgan fingerprint density at radius 3 is 2.25 bits per heavy atom. The highest BCUT2D eigenvalue weighted by Crippen LogP contribution is 2.26. The maximum absolute atomic E-state index is 11.1. The maximum atomic E-state index is 11.1. The molecule has 5 heteroatoms. The first-order valence-electron chi connectivity index (χ1n) is 3.71. The molecule has 1 saturated heterocycles. The standard InChI is InChI=1S/C7H12N2O2S/c1-9(2)7(5-8)3-4-12(10,11)6-7/h3-4,6H2,1-2H3. The van der Waals surface area contributed by atoms with Crippen LogP contribution in [0.2, 0.25) is 0 Å². The van der Waals surface area contributed by atoms with Crippen LogP contribution < -0.4 is 0 Å². The summed E-state index contributed by atoms with van der Waals surface area (Å²) in [5.74, 6) is 0.113. The zero-order chi connectivity index (χ0) is 9.41. The minimum atomic E-state index is -2.98. The molecule has 1 fully saturated rings. The molecule has 12 heavy (non-hydrogen) atoms. The first-order chi connectivity index (χ1) is 5.42. The molecule has 1 rings (SSSR count). The molecule has 0 N–H and O–H groups in total. The van der Waals surface area contributed by atoms with Gasteiger partial charge in [0.15, 0.2) is 9.84 Å². The van der Waals surface area contributed by atoms with Crippen LogP contribution in [0.3, 0.4) is 0 Å². The van der Waals surface area contributed by atoms with Crippen molar-refractivity contribution in [2.24, 2.45) is 0 Å². The number of rotatable bonds is 1. The Hall–Kier alpha value is -0.600. The molecular formula is C7H12N2O2S. The summed E-state index contributed by atoms with van der Waals surface area (Å²) in [5.41, 5.74) is -0.779. The summed E-state index contributed by atoms with van der Waals surface area (Å²) in [4.78, 5) is 1.69. The lowest BCUT2D eigenvalue weighted by atomic mass is 10.0. The van der Waals surface area contributed by atoms with Crippen LogP contribution in [0.5, 0.6) is 0 Å². The number of nitriles is 1. The van der Waals surface area contributed by atoms with E-state index in [0.717, 1.165) is 0 Å². The van der Waals surface area contributed by atoms with Gasteiger partial charge in [-0.1, -0.05) is 0 Å². The van der Waals surface area contributed by atoms with Gasteiger partial charge in [-0.25, -0.2) is 8.42 Å². The first-order valence-corrected chi connectivity index (χ1v) is 5.53. The third kappa shape index (κ3) is 1.45. The highest BCUT2D eigenvalue weighted by Gasteiger charge is 2.44. The van der Waals surface area contributed by atoms with Crippen LogP contribution in [0, 0.1) is 11.3 Å².